The Bertz CT molecular complexity index is 309. The van der Waals surface area contributed by atoms with E-state index in [0.29, 0.717) is 12.0 Å². The molecule has 0 saturated carbocycles. The van der Waals surface area contributed by atoms with Crippen LogP contribution in [0.5, 0.6) is 0 Å². The highest BCUT2D eigenvalue weighted by atomic mass is 15.1. The zero-order valence-corrected chi connectivity index (χ0v) is 10.4. The standard InChI is InChI=1S/C13H23N3/c1-11(2)7-13-9-15-10-16(13)12-5-3-4-6-14-8-12/h9-12,14H,3-8H2,1-2H3. The summed E-state index contributed by atoms with van der Waals surface area (Å²) in [6, 6.07) is 0.610. The minimum Gasteiger partial charge on any atom is -0.330 e. The molecule has 2 rings (SSSR count). The van der Waals surface area contributed by atoms with E-state index in [1.807, 2.05) is 12.5 Å². The summed E-state index contributed by atoms with van der Waals surface area (Å²) in [4.78, 5) is 4.32. The van der Waals surface area contributed by atoms with Crippen LogP contribution in [0.3, 0.4) is 0 Å². The van der Waals surface area contributed by atoms with Gasteiger partial charge in [-0.3, -0.25) is 0 Å². The molecule has 0 aliphatic carbocycles. The monoisotopic (exact) mass is 221 g/mol. The number of imidazole rings is 1. The van der Waals surface area contributed by atoms with Gasteiger partial charge in [-0.15, -0.1) is 0 Å². The highest BCUT2D eigenvalue weighted by Gasteiger charge is 2.16. The summed E-state index contributed by atoms with van der Waals surface area (Å²) in [7, 11) is 0. The van der Waals surface area contributed by atoms with E-state index in [1.54, 1.807) is 0 Å². The average molecular weight is 221 g/mol. The highest BCUT2D eigenvalue weighted by Crippen LogP contribution is 2.20. The molecule has 1 unspecified atom stereocenters. The fraction of sp³-hybridized carbons (Fsp3) is 0.769. The SMILES string of the molecule is CC(C)Cc1cncn1C1CCCCNC1. The second kappa shape index (κ2) is 5.48. The van der Waals surface area contributed by atoms with Crippen LogP contribution in [0.2, 0.25) is 0 Å². The Balaban J connectivity index is 2.09. The third-order valence-corrected chi connectivity index (χ3v) is 3.28. The highest BCUT2D eigenvalue weighted by molar-refractivity contribution is 5.02. The molecule has 16 heavy (non-hydrogen) atoms. The van der Waals surface area contributed by atoms with E-state index in [2.05, 4.69) is 28.7 Å². The van der Waals surface area contributed by atoms with E-state index < -0.39 is 0 Å². The molecule has 0 amide bonds. The molecule has 1 aliphatic rings. The lowest BCUT2D eigenvalue weighted by Crippen LogP contribution is -2.24. The van der Waals surface area contributed by atoms with E-state index >= 15 is 0 Å². The van der Waals surface area contributed by atoms with Gasteiger partial charge in [0, 0.05) is 24.5 Å². The third-order valence-electron chi connectivity index (χ3n) is 3.28. The zero-order valence-electron chi connectivity index (χ0n) is 10.4. The summed E-state index contributed by atoms with van der Waals surface area (Å²) in [6.45, 7) is 6.80. The predicted molar refractivity (Wildman–Crippen MR) is 66.5 cm³/mol. The largest absolute Gasteiger partial charge is 0.330 e. The molecule has 0 aromatic carbocycles. The maximum Gasteiger partial charge on any atom is 0.0951 e. The van der Waals surface area contributed by atoms with Gasteiger partial charge in [0.1, 0.15) is 0 Å². The fourth-order valence-electron chi connectivity index (χ4n) is 2.48. The number of nitrogens with zero attached hydrogens (tertiary/aromatic N) is 2. The molecule has 1 N–H and O–H groups in total. The van der Waals surface area contributed by atoms with Crippen molar-refractivity contribution in [2.24, 2.45) is 5.92 Å². The molecule has 3 heteroatoms. The molecule has 0 bridgehead atoms. The van der Waals surface area contributed by atoms with Gasteiger partial charge < -0.3 is 9.88 Å². The minimum atomic E-state index is 0.610. The zero-order chi connectivity index (χ0) is 11.4. The third kappa shape index (κ3) is 2.85. The molecule has 3 nitrogen and oxygen atoms in total. The first-order valence-electron chi connectivity index (χ1n) is 6.49. The second-order valence-electron chi connectivity index (χ2n) is 5.24. The Morgan fingerprint density at radius 2 is 2.38 bits per heavy atom. The molecule has 1 aliphatic heterocycles. The Labute approximate surface area is 98.3 Å². The molecule has 0 spiro atoms. The van der Waals surface area contributed by atoms with Crippen molar-refractivity contribution in [3.05, 3.63) is 18.2 Å². The quantitative estimate of drug-likeness (QED) is 0.849. The van der Waals surface area contributed by atoms with Crippen molar-refractivity contribution >= 4 is 0 Å². The van der Waals surface area contributed by atoms with Crippen LogP contribution in [0.25, 0.3) is 0 Å². The van der Waals surface area contributed by atoms with E-state index in [4.69, 9.17) is 0 Å². The van der Waals surface area contributed by atoms with Gasteiger partial charge in [-0.05, 0) is 31.7 Å². The van der Waals surface area contributed by atoms with Crippen molar-refractivity contribution in [1.29, 1.82) is 0 Å². The average Bonchev–Trinajstić information content (AvgIpc) is 2.53. The molecule has 1 atom stereocenters. The summed E-state index contributed by atoms with van der Waals surface area (Å²) >= 11 is 0. The minimum absolute atomic E-state index is 0.610. The van der Waals surface area contributed by atoms with Crippen molar-refractivity contribution in [3.63, 3.8) is 0 Å². The van der Waals surface area contributed by atoms with E-state index in [-0.39, 0.29) is 0 Å². The molecular weight excluding hydrogens is 198 g/mol. The van der Waals surface area contributed by atoms with Crippen molar-refractivity contribution in [3.8, 4) is 0 Å². The number of hydrogen-bond acceptors (Lipinski definition) is 2. The second-order valence-corrected chi connectivity index (χ2v) is 5.24. The molecule has 1 aromatic rings. The maximum atomic E-state index is 4.32. The summed E-state index contributed by atoms with van der Waals surface area (Å²) in [5.74, 6) is 0.703. The van der Waals surface area contributed by atoms with Crippen LogP contribution in [-0.2, 0) is 6.42 Å². The van der Waals surface area contributed by atoms with Crippen LogP contribution >= 0.6 is 0 Å². The van der Waals surface area contributed by atoms with Gasteiger partial charge in [0.05, 0.1) is 6.33 Å². The first kappa shape index (κ1) is 11.6. The molecule has 90 valence electrons. The lowest BCUT2D eigenvalue weighted by atomic mass is 10.1. The van der Waals surface area contributed by atoms with Crippen LogP contribution in [-0.4, -0.2) is 22.6 Å². The topological polar surface area (TPSA) is 29.9 Å². The lowest BCUT2D eigenvalue weighted by Gasteiger charge is -2.19. The first-order chi connectivity index (χ1) is 7.77. The van der Waals surface area contributed by atoms with Gasteiger partial charge in [0.15, 0.2) is 0 Å². The van der Waals surface area contributed by atoms with Gasteiger partial charge in [-0.2, -0.15) is 0 Å². The Morgan fingerprint density at radius 3 is 3.19 bits per heavy atom. The molecule has 0 radical (unpaired) electrons. The van der Waals surface area contributed by atoms with Crippen molar-refractivity contribution in [1.82, 2.24) is 14.9 Å². The number of aromatic nitrogens is 2. The smallest absolute Gasteiger partial charge is 0.0951 e. The summed E-state index contributed by atoms with van der Waals surface area (Å²) < 4.78 is 2.39. The van der Waals surface area contributed by atoms with Crippen LogP contribution in [0.4, 0.5) is 0 Å². The summed E-state index contributed by atoms with van der Waals surface area (Å²) in [5, 5.41) is 3.52. The van der Waals surface area contributed by atoms with Crippen LogP contribution < -0.4 is 5.32 Å². The summed E-state index contributed by atoms with van der Waals surface area (Å²) in [6.07, 6.45) is 9.10. The number of rotatable bonds is 3. The van der Waals surface area contributed by atoms with E-state index in [9.17, 15) is 0 Å². The number of hydrogen-bond donors (Lipinski definition) is 1. The van der Waals surface area contributed by atoms with Crippen molar-refractivity contribution < 1.29 is 0 Å². The summed E-state index contributed by atoms with van der Waals surface area (Å²) in [5.41, 5.74) is 1.39. The Kier molecular flexibility index (Phi) is 3.99. The molecule has 1 fully saturated rings. The predicted octanol–water partition coefficient (Wildman–Crippen LogP) is 2.40. The molecular formula is C13H23N3. The van der Waals surface area contributed by atoms with Crippen LogP contribution in [0.1, 0.15) is 44.8 Å². The Morgan fingerprint density at radius 1 is 1.50 bits per heavy atom. The molecule has 1 saturated heterocycles. The van der Waals surface area contributed by atoms with Crippen molar-refractivity contribution in [2.45, 2.75) is 45.6 Å². The van der Waals surface area contributed by atoms with Gasteiger partial charge in [-0.1, -0.05) is 20.3 Å². The van der Waals surface area contributed by atoms with E-state index in [1.165, 1.54) is 31.5 Å². The first-order valence-corrected chi connectivity index (χ1v) is 6.49. The lowest BCUT2D eigenvalue weighted by molar-refractivity contribution is 0.440. The molecule has 1 aromatic heterocycles. The van der Waals surface area contributed by atoms with Gasteiger partial charge in [0.25, 0.3) is 0 Å². The number of nitrogens with one attached hydrogen (secondary N) is 1. The van der Waals surface area contributed by atoms with Crippen LogP contribution in [0, 0.1) is 5.92 Å². The Hall–Kier alpha value is -0.830. The maximum absolute atomic E-state index is 4.32. The van der Waals surface area contributed by atoms with Crippen LogP contribution in [0.15, 0.2) is 12.5 Å². The fourth-order valence-corrected chi connectivity index (χ4v) is 2.48. The molecule has 2 heterocycles. The van der Waals surface area contributed by atoms with Gasteiger partial charge >= 0.3 is 0 Å². The van der Waals surface area contributed by atoms with Gasteiger partial charge in [0.2, 0.25) is 0 Å². The van der Waals surface area contributed by atoms with Crippen molar-refractivity contribution in [2.75, 3.05) is 13.1 Å². The van der Waals surface area contributed by atoms with E-state index in [0.717, 1.165) is 13.0 Å². The van der Waals surface area contributed by atoms with Gasteiger partial charge in [-0.25, -0.2) is 4.98 Å². The normalized spacial score (nSPS) is 22.3.